The van der Waals surface area contributed by atoms with E-state index in [2.05, 4.69) is 21.3 Å². The van der Waals surface area contributed by atoms with E-state index in [1.807, 2.05) is 0 Å². The number of benzene rings is 4. The van der Waals surface area contributed by atoms with Crippen molar-refractivity contribution in [3.8, 4) is 0 Å². The normalized spacial score (nSPS) is 10.1. The van der Waals surface area contributed by atoms with E-state index in [0.717, 1.165) is 16.8 Å². The minimum absolute atomic E-state index is 0.0470. The number of nitro groups is 1. The summed E-state index contributed by atoms with van der Waals surface area (Å²) in [6, 6.07) is 21.7. The first-order valence-corrected chi connectivity index (χ1v) is 14.1. The van der Waals surface area contributed by atoms with Crippen molar-refractivity contribution < 1.29 is 32.8 Å². The van der Waals surface area contributed by atoms with Crippen LogP contribution in [0.2, 0.25) is 0 Å². The smallest absolute Gasteiger partial charge is 0.411 e. The molecule has 0 bridgehead atoms. The van der Waals surface area contributed by atoms with Gasteiger partial charge in [0.15, 0.2) is 0 Å². The Morgan fingerprint density at radius 2 is 1.15 bits per heavy atom. The monoisotopic (exact) mass is 636 g/mol. The number of nitro benzene ring substituents is 1. The molecule has 0 unspecified atom stereocenters. The number of hydrogen-bond acceptors (Lipinski definition) is 9. The third-order valence-corrected chi connectivity index (χ3v) is 6.09. The highest BCUT2D eigenvalue weighted by Gasteiger charge is 2.17. The van der Waals surface area contributed by atoms with Crippen LogP contribution in [0, 0.1) is 21.7 Å². The van der Waals surface area contributed by atoms with E-state index in [4.69, 9.17) is 15.2 Å². The zero-order valence-corrected chi connectivity index (χ0v) is 25.1. The molecule has 0 atom stereocenters. The van der Waals surface area contributed by atoms with Gasteiger partial charge in [-0.3, -0.25) is 20.7 Å². The molecule has 0 aromatic heterocycles. The third-order valence-electron chi connectivity index (χ3n) is 6.09. The van der Waals surface area contributed by atoms with Gasteiger partial charge >= 0.3 is 12.2 Å². The van der Waals surface area contributed by atoms with Gasteiger partial charge in [0, 0.05) is 30.5 Å². The van der Waals surface area contributed by atoms with E-state index in [1.54, 1.807) is 62.4 Å². The van der Waals surface area contributed by atoms with E-state index in [1.165, 1.54) is 36.4 Å². The van der Waals surface area contributed by atoms with E-state index in [-0.39, 0.29) is 29.6 Å². The topological polar surface area (TPSA) is 170 Å². The van der Waals surface area contributed by atoms with Crippen molar-refractivity contribution >= 4 is 46.3 Å². The molecule has 0 fully saturated rings. The largest absolute Gasteiger partial charge is 0.450 e. The molecule has 46 heavy (non-hydrogen) atoms. The van der Waals surface area contributed by atoms with E-state index >= 15 is 0 Å². The molecule has 6 N–H and O–H groups in total. The molecule has 4 aromatic rings. The predicted molar refractivity (Wildman–Crippen MR) is 173 cm³/mol. The van der Waals surface area contributed by atoms with Crippen LogP contribution in [0.25, 0.3) is 0 Å². The first-order chi connectivity index (χ1) is 22.1. The Balaban J connectivity index is 0.000000251. The second kappa shape index (κ2) is 17.4. The zero-order valence-electron chi connectivity index (χ0n) is 25.1. The van der Waals surface area contributed by atoms with Crippen LogP contribution in [0.3, 0.4) is 0 Å². The molecule has 12 nitrogen and oxygen atoms in total. The molecular weight excluding hydrogens is 602 g/mol. The van der Waals surface area contributed by atoms with Gasteiger partial charge in [0.25, 0.3) is 5.69 Å². The van der Waals surface area contributed by atoms with Crippen LogP contribution in [0.4, 0.5) is 52.5 Å². The highest BCUT2D eigenvalue weighted by atomic mass is 19.1. The Morgan fingerprint density at radius 3 is 1.59 bits per heavy atom. The average molecular weight is 637 g/mol. The number of halogens is 2. The lowest BCUT2D eigenvalue weighted by Crippen LogP contribution is -2.14. The van der Waals surface area contributed by atoms with Crippen molar-refractivity contribution in [2.24, 2.45) is 0 Å². The molecule has 0 heterocycles. The van der Waals surface area contributed by atoms with Crippen LogP contribution in [0.1, 0.15) is 25.0 Å². The van der Waals surface area contributed by atoms with Crippen molar-refractivity contribution in [2.45, 2.75) is 26.9 Å². The molecule has 242 valence electrons. The number of amides is 2. The summed E-state index contributed by atoms with van der Waals surface area (Å²) in [5.74, 6) is -0.592. The molecule has 0 saturated heterocycles. The maximum Gasteiger partial charge on any atom is 0.411 e. The minimum atomic E-state index is -0.757. The second-order valence-electron chi connectivity index (χ2n) is 9.44. The van der Waals surface area contributed by atoms with Gasteiger partial charge < -0.3 is 25.8 Å². The summed E-state index contributed by atoms with van der Waals surface area (Å²) in [7, 11) is 0. The molecule has 0 aliphatic carbocycles. The Labute approximate surface area is 264 Å². The fourth-order valence-electron chi connectivity index (χ4n) is 3.85. The molecule has 0 aliphatic rings. The van der Waals surface area contributed by atoms with E-state index < -0.39 is 17.1 Å². The average Bonchev–Trinajstić information content (AvgIpc) is 3.02. The predicted octanol–water partition coefficient (Wildman–Crippen LogP) is 7.50. The van der Waals surface area contributed by atoms with Gasteiger partial charge in [-0.25, -0.2) is 18.4 Å². The number of carbonyl (C=O) groups excluding carboxylic acids is 2. The second-order valence-corrected chi connectivity index (χ2v) is 9.44. The molecule has 2 amide bonds. The zero-order chi connectivity index (χ0) is 33.5. The van der Waals surface area contributed by atoms with Crippen molar-refractivity contribution in [3.63, 3.8) is 0 Å². The van der Waals surface area contributed by atoms with Gasteiger partial charge in [0.1, 0.15) is 17.3 Å². The fourth-order valence-corrected chi connectivity index (χ4v) is 3.85. The van der Waals surface area contributed by atoms with Gasteiger partial charge in [0.2, 0.25) is 0 Å². The summed E-state index contributed by atoms with van der Waals surface area (Å²) in [6.45, 7) is 4.74. The van der Waals surface area contributed by atoms with Crippen LogP contribution in [0.5, 0.6) is 0 Å². The lowest BCUT2D eigenvalue weighted by atomic mass is 10.2. The Kier molecular flexibility index (Phi) is 13.1. The van der Waals surface area contributed by atoms with Crippen molar-refractivity contribution in [1.29, 1.82) is 0 Å². The molecule has 0 saturated carbocycles. The van der Waals surface area contributed by atoms with Gasteiger partial charge in [-0.15, -0.1) is 0 Å². The third kappa shape index (κ3) is 11.3. The maximum absolute atomic E-state index is 12.9. The van der Waals surface area contributed by atoms with Crippen molar-refractivity contribution in [1.82, 2.24) is 0 Å². The van der Waals surface area contributed by atoms with Gasteiger partial charge in [-0.05, 0) is 79.6 Å². The summed E-state index contributed by atoms with van der Waals surface area (Å²) < 4.78 is 35.2. The number of carbonyl (C=O) groups is 2. The van der Waals surface area contributed by atoms with Crippen LogP contribution >= 0.6 is 0 Å². The highest BCUT2D eigenvalue weighted by Crippen LogP contribution is 2.28. The van der Waals surface area contributed by atoms with Crippen molar-refractivity contribution in [3.05, 3.63) is 118 Å². The number of nitrogens with two attached hydrogens (primary N) is 1. The Morgan fingerprint density at radius 1 is 0.717 bits per heavy atom. The first kappa shape index (κ1) is 34.6. The number of anilines is 5. The number of hydrogen-bond donors (Lipinski definition) is 5. The number of nitrogen functional groups attached to an aromatic ring is 1. The van der Waals surface area contributed by atoms with Crippen LogP contribution in [0.15, 0.2) is 84.9 Å². The quantitative estimate of drug-likeness (QED) is 0.0635. The summed E-state index contributed by atoms with van der Waals surface area (Å²) >= 11 is 0. The SMILES string of the molecule is CCOC(=O)Nc1ccc(NCc2ccc(F)cc2)cc1N.CCOC(=O)Nc1ccc(NCc2ccc(F)cc2)cc1[N+](=O)[O-]. The van der Waals surface area contributed by atoms with E-state index in [9.17, 15) is 28.5 Å². The number of nitrogens with one attached hydrogen (secondary N) is 4. The molecule has 14 heteroatoms. The highest BCUT2D eigenvalue weighted by molar-refractivity contribution is 5.90. The number of nitrogens with zero attached hydrogens (tertiary/aromatic N) is 1. The lowest BCUT2D eigenvalue weighted by molar-refractivity contribution is -0.383. The Hall–Kier alpha value is -5.92. The Bertz CT molecular complexity index is 1620. The molecule has 0 aliphatic heterocycles. The fraction of sp³-hybridized carbons (Fsp3) is 0.188. The van der Waals surface area contributed by atoms with Gasteiger partial charge in [-0.1, -0.05) is 24.3 Å². The number of ether oxygens (including phenoxy) is 2. The molecule has 0 radical (unpaired) electrons. The molecule has 4 aromatic carbocycles. The summed E-state index contributed by atoms with van der Waals surface area (Å²) in [5.41, 5.74) is 9.69. The number of rotatable bonds is 11. The standard InChI is InChI=1S/C16H16FN3O4.C16H18FN3O2/c1-2-24-16(21)19-14-8-7-13(9-15(14)20(22)23)18-10-11-3-5-12(17)6-4-11;1-2-22-16(21)20-15-8-7-13(9-14(15)18)19-10-11-3-5-12(17)6-4-11/h3-9,18H,2,10H2,1H3,(H,19,21);3-9,19H,2,10,18H2,1H3,(H,20,21). The van der Waals surface area contributed by atoms with Crippen LogP contribution < -0.4 is 27.0 Å². The summed E-state index contributed by atoms with van der Waals surface area (Å²) in [5, 5.41) is 22.3. The van der Waals surface area contributed by atoms with Gasteiger partial charge in [-0.2, -0.15) is 0 Å². The van der Waals surface area contributed by atoms with Crippen molar-refractivity contribution in [2.75, 3.05) is 40.2 Å². The minimum Gasteiger partial charge on any atom is -0.450 e. The molecular formula is C32H34F2N6O6. The van der Waals surface area contributed by atoms with Gasteiger partial charge in [0.05, 0.1) is 29.5 Å². The molecule has 0 spiro atoms. The van der Waals surface area contributed by atoms with E-state index in [0.29, 0.717) is 36.8 Å². The first-order valence-electron chi connectivity index (χ1n) is 14.1. The van der Waals surface area contributed by atoms with Crippen LogP contribution in [-0.4, -0.2) is 30.3 Å². The summed E-state index contributed by atoms with van der Waals surface area (Å²) in [4.78, 5) is 33.3. The summed E-state index contributed by atoms with van der Waals surface area (Å²) in [6.07, 6.45) is -1.30. The molecule has 4 rings (SSSR count). The lowest BCUT2D eigenvalue weighted by Gasteiger charge is -2.11. The van der Waals surface area contributed by atoms with Crippen LogP contribution in [-0.2, 0) is 22.6 Å². The maximum atomic E-state index is 12.9.